The zero-order valence-corrected chi connectivity index (χ0v) is 15.2. The molecular weight excluding hydrogens is 326 g/mol. The van der Waals surface area contributed by atoms with E-state index in [-0.39, 0.29) is 11.8 Å². The number of hydrogen-bond donors (Lipinski definition) is 2. The van der Waals surface area contributed by atoms with Gasteiger partial charge >= 0.3 is 6.03 Å². The molecule has 0 unspecified atom stereocenters. The zero-order valence-electron chi connectivity index (χ0n) is 14.4. The number of nitrogens with zero attached hydrogens (tertiary/aromatic N) is 1. The van der Waals surface area contributed by atoms with E-state index in [9.17, 15) is 13.2 Å². The van der Waals surface area contributed by atoms with Gasteiger partial charge in [-0.1, -0.05) is 43.5 Å². The van der Waals surface area contributed by atoms with Gasteiger partial charge in [0.05, 0.1) is 5.75 Å². The van der Waals surface area contributed by atoms with Crippen LogP contribution in [0.1, 0.15) is 43.2 Å². The number of hydrogen-bond acceptors (Lipinski definition) is 3. The molecule has 0 bridgehead atoms. The highest BCUT2D eigenvalue weighted by Crippen LogP contribution is 2.21. The van der Waals surface area contributed by atoms with Gasteiger partial charge in [0.2, 0.25) is 10.0 Å². The fourth-order valence-corrected chi connectivity index (χ4v) is 3.76. The molecule has 0 atom stereocenters. The Morgan fingerprint density at radius 1 is 1.12 bits per heavy atom. The summed E-state index contributed by atoms with van der Waals surface area (Å²) in [5.74, 6) is -0.0411. The van der Waals surface area contributed by atoms with Gasteiger partial charge in [0.15, 0.2) is 0 Å². The molecule has 0 heterocycles. The van der Waals surface area contributed by atoms with Gasteiger partial charge in [0.1, 0.15) is 0 Å². The second-order valence-electron chi connectivity index (χ2n) is 6.34. The van der Waals surface area contributed by atoms with Crippen LogP contribution < -0.4 is 10.0 Å². The lowest BCUT2D eigenvalue weighted by Crippen LogP contribution is -2.44. The van der Waals surface area contributed by atoms with E-state index >= 15 is 0 Å². The van der Waals surface area contributed by atoms with Crippen LogP contribution >= 0.6 is 0 Å². The summed E-state index contributed by atoms with van der Waals surface area (Å²) in [7, 11) is 0.00174. The van der Waals surface area contributed by atoms with Crippen LogP contribution in [0.5, 0.6) is 0 Å². The van der Waals surface area contributed by atoms with E-state index in [0.29, 0.717) is 12.6 Å². The second kappa shape index (κ2) is 8.48. The SMILES string of the molecule is CNS(=O)(=O)Cc1ccc(CNC(=O)N(C)C2CCCCC2)cc1. The smallest absolute Gasteiger partial charge is 0.317 e. The summed E-state index contributed by atoms with van der Waals surface area (Å²) in [6, 6.07) is 7.54. The van der Waals surface area contributed by atoms with Crippen LogP contribution in [-0.4, -0.2) is 39.5 Å². The fourth-order valence-electron chi connectivity index (χ4n) is 2.98. The topological polar surface area (TPSA) is 78.5 Å². The van der Waals surface area contributed by atoms with E-state index in [1.807, 2.05) is 24.1 Å². The van der Waals surface area contributed by atoms with Crippen LogP contribution in [0, 0.1) is 0 Å². The maximum absolute atomic E-state index is 12.2. The number of rotatable bonds is 6. The molecule has 2 N–H and O–H groups in total. The van der Waals surface area contributed by atoms with Crippen molar-refractivity contribution in [1.82, 2.24) is 14.9 Å². The van der Waals surface area contributed by atoms with Crippen molar-refractivity contribution >= 4 is 16.1 Å². The number of sulfonamides is 1. The van der Waals surface area contributed by atoms with Gasteiger partial charge in [-0.15, -0.1) is 0 Å². The first kappa shape index (κ1) is 18.7. The third-order valence-electron chi connectivity index (χ3n) is 4.58. The molecule has 0 saturated heterocycles. The highest BCUT2D eigenvalue weighted by molar-refractivity contribution is 7.88. The maximum Gasteiger partial charge on any atom is 0.317 e. The number of benzene rings is 1. The van der Waals surface area contributed by atoms with E-state index in [0.717, 1.165) is 24.0 Å². The van der Waals surface area contributed by atoms with Gasteiger partial charge in [0.25, 0.3) is 0 Å². The Bertz CT molecular complexity index is 638. The lowest BCUT2D eigenvalue weighted by Gasteiger charge is -2.31. The molecule has 24 heavy (non-hydrogen) atoms. The largest absolute Gasteiger partial charge is 0.334 e. The van der Waals surface area contributed by atoms with Crippen LogP contribution in [0.4, 0.5) is 4.79 Å². The molecule has 2 rings (SSSR count). The molecule has 0 aliphatic heterocycles. The molecule has 1 fully saturated rings. The van der Waals surface area contributed by atoms with Gasteiger partial charge in [-0.05, 0) is 31.0 Å². The standard InChI is InChI=1S/C17H27N3O3S/c1-18-24(22,23)13-15-10-8-14(9-11-15)12-19-17(21)20(2)16-6-4-3-5-7-16/h8-11,16,18H,3-7,12-13H2,1-2H3,(H,19,21). The van der Waals surface area contributed by atoms with Crippen molar-refractivity contribution in [2.75, 3.05) is 14.1 Å². The minimum Gasteiger partial charge on any atom is -0.334 e. The molecular formula is C17H27N3O3S. The zero-order chi connectivity index (χ0) is 17.6. The van der Waals surface area contributed by atoms with Gasteiger partial charge in [-0.3, -0.25) is 0 Å². The lowest BCUT2D eigenvalue weighted by molar-refractivity contribution is 0.173. The Morgan fingerprint density at radius 2 is 1.71 bits per heavy atom. The maximum atomic E-state index is 12.2. The molecule has 1 aromatic rings. The predicted octanol–water partition coefficient (Wildman–Crippen LogP) is 2.21. The summed E-state index contributed by atoms with van der Waals surface area (Å²) >= 11 is 0. The summed E-state index contributed by atoms with van der Waals surface area (Å²) in [4.78, 5) is 14.0. The highest BCUT2D eigenvalue weighted by atomic mass is 32.2. The predicted molar refractivity (Wildman–Crippen MR) is 95.0 cm³/mol. The van der Waals surface area contributed by atoms with Crippen molar-refractivity contribution in [2.24, 2.45) is 0 Å². The number of amides is 2. The summed E-state index contributed by atoms with van der Waals surface area (Å²) < 4.78 is 25.3. The summed E-state index contributed by atoms with van der Waals surface area (Å²) in [6.45, 7) is 0.439. The molecule has 2 amide bonds. The van der Waals surface area contributed by atoms with Crippen LogP contribution in [0.25, 0.3) is 0 Å². The van der Waals surface area contributed by atoms with Crippen molar-refractivity contribution in [2.45, 2.75) is 50.4 Å². The van der Waals surface area contributed by atoms with Crippen molar-refractivity contribution in [1.29, 1.82) is 0 Å². The minimum atomic E-state index is -3.26. The molecule has 1 saturated carbocycles. The Labute approximate surface area is 144 Å². The molecule has 7 heteroatoms. The van der Waals surface area contributed by atoms with Gasteiger partial charge in [-0.2, -0.15) is 0 Å². The number of nitrogens with one attached hydrogen (secondary N) is 2. The van der Waals surface area contributed by atoms with Gasteiger partial charge < -0.3 is 10.2 Å². The van der Waals surface area contributed by atoms with Crippen molar-refractivity contribution in [3.63, 3.8) is 0 Å². The molecule has 134 valence electrons. The first-order chi connectivity index (χ1) is 11.4. The monoisotopic (exact) mass is 353 g/mol. The number of carbonyl (C=O) groups excluding carboxylic acids is 1. The van der Waals surface area contributed by atoms with Crippen LogP contribution in [0.15, 0.2) is 24.3 Å². The first-order valence-corrected chi connectivity index (χ1v) is 10.1. The van der Waals surface area contributed by atoms with E-state index in [1.54, 1.807) is 12.1 Å². The van der Waals surface area contributed by atoms with E-state index in [1.165, 1.54) is 26.3 Å². The fraction of sp³-hybridized carbons (Fsp3) is 0.588. The van der Waals surface area contributed by atoms with Gasteiger partial charge in [-0.25, -0.2) is 17.9 Å². The first-order valence-electron chi connectivity index (χ1n) is 8.41. The highest BCUT2D eigenvalue weighted by Gasteiger charge is 2.21. The minimum absolute atomic E-state index is 0.0411. The Balaban J connectivity index is 1.84. The Kier molecular flexibility index (Phi) is 6.62. The molecule has 1 aliphatic rings. The quantitative estimate of drug-likeness (QED) is 0.823. The van der Waals surface area contributed by atoms with Crippen LogP contribution in [0.3, 0.4) is 0 Å². The molecule has 6 nitrogen and oxygen atoms in total. The average Bonchev–Trinajstić information content (AvgIpc) is 2.60. The number of carbonyl (C=O) groups is 1. The van der Waals surface area contributed by atoms with Crippen LogP contribution in [0.2, 0.25) is 0 Å². The Hall–Kier alpha value is -1.60. The van der Waals surface area contributed by atoms with Crippen LogP contribution in [-0.2, 0) is 22.3 Å². The average molecular weight is 353 g/mol. The van der Waals surface area contributed by atoms with Crippen molar-refractivity contribution < 1.29 is 13.2 Å². The normalized spacial score (nSPS) is 15.9. The third-order valence-corrected chi connectivity index (χ3v) is 5.91. The van der Waals surface area contributed by atoms with E-state index < -0.39 is 10.0 Å². The lowest BCUT2D eigenvalue weighted by atomic mass is 9.95. The van der Waals surface area contributed by atoms with Crippen molar-refractivity contribution in [3.05, 3.63) is 35.4 Å². The second-order valence-corrected chi connectivity index (χ2v) is 8.27. The summed E-state index contributed by atoms with van der Waals surface area (Å²) in [5.41, 5.74) is 1.67. The summed E-state index contributed by atoms with van der Waals surface area (Å²) in [6.07, 6.45) is 5.82. The Morgan fingerprint density at radius 3 is 2.29 bits per heavy atom. The molecule has 0 spiro atoms. The molecule has 0 radical (unpaired) electrons. The number of urea groups is 1. The van der Waals surface area contributed by atoms with E-state index in [2.05, 4.69) is 10.0 Å². The van der Waals surface area contributed by atoms with Gasteiger partial charge in [0, 0.05) is 19.6 Å². The third kappa shape index (κ3) is 5.49. The molecule has 1 aromatic carbocycles. The molecule has 1 aliphatic carbocycles. The van der Waals surface area contributed by atoms with E-state index in [4.69, 9.17) is 0 Å². The molecule has 0 aromatic heterocycles. The summed E-state index contributed by atoms with van der Waals surface area (Å²) in [5, 5.41) is 2.93. The van der Waals surface area contributed by atoms with Crippen molar-refractivity contribution in [3.8, 4) is 0 Å².